The molecule has 13 heavy (non-hydrogen) atoms. The number of rotatable bonds is 3. The van der Waals surface area contributed by atoms with Crippen molar-refractivity contribution in [1.29, 1.82) is 0 Å². The molecular weight excluding hydrogens is 187 g/mol. The van der Waals surface area contributed by atoms with Crippen molar-refractivity contribution in [3.8, 4) is 5.75 Å². The van der Waals surface area contributed by atoms with Gasteiger partial charge < -0.3 is 4.74 Å². The lowest BCUT2D eigenvalue weighted by Crippen LogP contribution is -1.96. The van der Waals surface area contributed by atoms with E-state index in [1.54, 1.807) is 6.07 Å². The van der Waals surface area contributed by atoms with E-state index in [0.717, 1.165) is 12.8 Å². The normalized spacial score (nSPS) is 15.8. The Morgan fingerprint density at radius 1 is 1.46 bits per heavy atom. The van der Waals surface area contributed by atoms with E-state index in [9.17, 15) is 4.39 Å². The Hall–Kier alpha value is -0.700. The van der Waals surface area contributed by atoms with Crippen LogP contribution in [0.1, 0.15) is 12.8 Å². The maximum Gasteiger partial charge on any atom is 0.140 e. The van der Waals surface area contributed by atoms with E-state index >= 15 is 0 Å². The van der Waals surface area contributed by atoms with Gasteiger partial charge in [-0.1, -0.05) is 0 Å². The van der Waals surface area contributed by atoms with Gasteiger partial charge in [-0.15, -0.1) is 11.8 Å². The third kappa shape index (κ3) is 2.15. The van der Waals surface area contributed by atoms with Crippen LogP contribution in [-0.2, 0) is 0 Å². The van der Waals surface area contributed by atoms with Crippen LogP contribution in [0.2, 0.25) is 0 Å². The molecule has 1 aliphatic carbocycles. The van der Waals surface area contributed by atoms with Gasteiger partial charge in [-0.25, -0.2) is 4.39 Å². The maximum absolute atomic E-state index is 13.2. The zero-order chi connectivity index (χ0) is 9.26. The van der Waals surface area contributed by atoms with E-state index in [2.05, 4.69) is 0 Å². The van der Waals surface area contributed by atoms with Gasteiger partial charge in [-0.2, -0.15) is 0 Å². The van der Waals surface area contributed by atoms with Crippen LogP contribution in [0.4, 0.5) is 4.39 Å². The molecule has 1 saturated carbocycles. The molecule has 0 N–H and O–H groups in total. The highest BCUT2D eigenvalue weighted by Gasteiger charge is 2.23. The van der Waals surface area contributed by atoms with Gasteiger partial charge in [0.2, 0.25) is 0 Å². The molecule has 0 bridgehead atoms. The van der Waals surface area contributed by atoms with Crippen LogP contribution in [0.15, 0.2) is 23.1 Å². The Bertz CT molecular complexity index is 310. The predicted molar refractivity (Wildman–Crippen MR) is 51.8 cm³/mol. The summed E-state index contributed by atoms with van der Waals surface area (Å²) < 4.78 is 18.7. The lowest BCUT2D eigenvalue weighted by atomic mass is 10.3. The molecule has 0 atom stereocenters. The SMILES string of the molecule is CSc1ccc(OC2CC2)cc1F. The van der Waals surface area contributed by atoms with E-state index in [-0.39, 0.29) is 5.82 Å². The van der Waals surface area contributed by atoms with Crippen molar-refractivity contribution < 1.29 is 9.13 Å². The van der Waals surface area contributed by atoms with E-state index in [1.807, 2.05) is 12.3 Å². The molecule has 0 heterocycles. The summed E-state index contributed by atoms with van der Waals surface area (Å²) in [5, 5.41) is 0. The van der Waals surface area contributed by atoms with Crippen LogP contribution in [0.25, 0.3) is 0 Å². The highest BCUT2D eigenvalue weighted by molar-refractivity contribution is 7.98. The minimum Gasteiger partial charge on any atom is -0.490 e. The van der Waals surface area contributed by atoms with Gasteiger partial charge in [-0.05, 0) is 31.2 Å². The molecule has 3 heteroatoms. The topological polar surface area (TPSA) is 9.23 Å². The van der Waals surface area contributed by atoms with E-state index in [0.29, 0.717) is 16.7 Å². The Kier molecular flexibility index (Phi) is 2.44. The fourth-order valence-electron chi connectivity index (χ4n) is 1.10. The summed E-state index contributed by atoms with van der Waals surface area (Å²) in [6.45, 7) is 0. The largest absolute Gasteiger partial charge is 0.490 e. The van der Waals surface area contributed by atoms with Crippen molar-refractivity contribution in [3.63, 3.8) is 0 Å². The monoisotopic (exact) mass is 198 g/mol. The first-order valence-electron chi connectivity index (χ1n) is 4.30. The summed E-state index contributed by atoms with van der Waals surface area (Å²) in [4.78, 5) is 0.670. The van der Waals surface area contributed by atoms with Crippen molar-refractivity contribution >= 4 is 11.8 Å². The molecular formula is C10H11FOS. The number of hydrogen-bond acceptors (Lipinski definition) is 2. The Balaban J connectivity index is 2.13. The van der Waals surface area contributed by atoms with Gasteiger partial charge in [0.1, 0.15) is 11.6 Å². The van der Waals surface area contributed by atoms with Gasteiger partial charge in [0.05, 0.1) is 6.10 Å². The molecule has 1 nitrogen and oxygen atoms in total. The van der Waals surface area contributed by atoms with Crippen LogP contribution in [0, 0.1) is 5.82 Å². The summed E-state index contributed by atoms with van der Waals surface area (Å²) >= 11 is 1.41. The molecule has 0 saturated heterocycles. The van der Waals surface area contributed by atoms with Crippen LogP contribution in [-0.4, -0.2) is 12.4 Å². The summed E-state index contributed by atoms with van der Waals surface area (Å²) in [6.07, 6.45) is 4.40. The molecule has 1 fully saturated rings. The standard InChI is InChI=1S/C10H11FOS/c1-13-10-5-4-8(6-9(10)11)12-7-2-3-7/h4-7H,2-3H2,1H3. The van der Waals surface area contributed by atoms with Crippen molar-refractivity contribution in [1.82, 2.24) is 0 Å². The highest BCUT2D eigenvalue weighted by atomic mass is 32.2. The molecule has 1 aromatic carbocycles. The van der Waals surface area contributed by atoms with Crippen molar-refractivity contribution in [2.24, 2.45) is 0 Å². The minimum atomic E-state index is -0.189. The van der Waals surface area contributed by atoms with Gasteiger partial charge >= 0.3 is 0 Å². The van der Waals surface area contributed by atoms with E-state index in [4.69, 9.17) is 4.74 Å². The Morgan fingerprint density at radius 3 is 2.77 bits per heavy atom. The van der Waals surface area contributed by atoms with Gasteiger partial charge in [0, 0.05) is 11.0 Å². The predicted octanol–water partition coefficient (Wildman–Crippen LogP) is 3.09. The highest BCUT2D eigenvalue weighted by Crippen LogP contribution is 2.29. The number of thioether (sulfide) groups is 1. The average Bonchev–Trinajstić information content (AvgIpc) is 2.89. The molecule has 0 unspecified atom stereocenters. The quantitative estimate of drug-likeness (QED) is 0.690. The second-order valence-corrected chi connectivity index (χ2v) is 3.96. The number of benzene rings is 1. The van der Waals surface area contributed by atoms with Crippen LogP contribution in [0.5, 0.6) is 5.75 Å². The fraction of sp³-hybridized carbons (Fsp3) is 0.400. The van der Waals surface area contributed by atoms with Crippen molar-refractivity contribution in [2.45, 2.75) is 23.8 Å². The molecule has 70 valence electrons. The zero-order valence-electron chi connectivity index (χ0n) is 7.42. The summed E-state index contributed by atoms with van der Waals surface area (Å²) in [5.74, 6) is 0.462. The maximum atomic E-state index is 13.2. The molecule has 0 aliphatic heterocycles. The lowest BCUT2D eigenvalue weighted by Gasteiger charge is -2.05. The van der Waals surface area contributed by atoms with Crippen LogP contribution >= 0.6 is 11.8 Å². The Morgan fingerprint density at radius 2 is 2.23 bits per heavy atom. The fourth-order valence-corrected chi connectivity index (χ4v) is 1.56. The second-order valence-electron chi connectivity index (χ2n) is 3.11. The molecule has 0 radical (unpaired) electrons. The Labute approximate surface area is 81.3 Å². The van der Waals surface area contributed by atoms with Crippen molar-refractivity contribution in [3.05, 3.63) is 24.0 Å². The molecule has 0 spiro atoms. The number of hydrogen-bond donors (Lipinski definition) is 0. The van der Waals surface area contributed by atoms with Gasteiger partial charge in [-0.3, -0.25) is 0 Å². The molecule has 0 aromatic heterocycles. The summed E-state index contributed by atoms with van der Waals surface area (Å²) in [5.41, 5.74) is 0. The van der Waals surface area contributed by atoms with E-state index in [1.165, 1.54) is 17.8 Å². The smallest absolute Gasteiger partial charge is 0.140 e. The third-order valence-electron chi connectivity index (χ3n) is 1.95. The molecule has 2 rings (SSSR count). The lowest BCUT2D eigenvalue weighted by molar-refractivity contribution is 0.301. The average molecular weight is 198 g/mol. The minimum absolute atomic E-state index is 0.189. The molecule has 0 amide bonds. The molecule has 1 aliphatic rings. The van der Waals surface area contributed by atoms with Crippen molar-refractivity contribution in [2.75, 3.05) is 6.26 Å². The first-order valence-corrected chi connectivity index (χ1v) is 5.52. The molecule has 1 aromatic rings. The number of halogens is 1. The van der Waals surface area contributed by atoms with Gasteiger partial charge in [0.15, 0.2) is 0 Å². The summed E-state index contributed by atoms with van der Waals surface area (Å²) in [6, 6.07) is 5.05. The number of ether oxygens (including phenoxy) is 1. The van der Waals surface area contributed by atoms with Crippen LogP contribution < -0.4 is 4.74 Å². The zero-order valence-corrected chi connectivity index (χ0v) is 8.23. The van der Waals surface area contributed by atoms with E-state index < -0.39 is 0 Å². The van der Waals surface area contributed by atoms with Gasteiger partial charge in [0.25, 0.3) is 0 Å². The third-order valence-corrected chi connectivity index (χ3v) is 2.72. The van der Waals surface area contributed by atoms with Crippen LogP contribution in [0.3, 0.4) is 0 Å². The first-order chi connectivity index (χ1) is 6.29. The first kappa shape index (κ1) is 8.88. The second kappa shape index (κ2) is 3.58. The summed E-state index contributed by atoms with van der Waals surface area (Å²) in [7, 11) is 0.